The summed E-state index contributed by atoms with van der Waals surface area (Å²) in [6.07, 6.45) is 5.22. The molecule has 5 heteroatoms. The fraction of sp³-hybridized carbons (Fsp3) is 0.474. The standard InChI is InChI=1S/C19H24N2O3/c1-13-5-4-6-14(2)21(13)18(22)12-20-10-9-15-7-8-16(11-17(15)20)19(23)24-3/h7-11,13-14H,4-6,12H2,1-3H3. The van der Waals surface area contributed by atoms with Crippen LogP contribution >= 0.6 is 0 Å². The molecule has 2 atom stereocenters. The highest BCUT2D eigenvalue weighted by Gasteiger charge is 2.28. The van der Waals surface area contributed by atoms with Gasteiger partial charge in [-0.3, -0.25) is 4.79 Å². The normalized spacial score (nSPS) is 21.0. The Bertz CT molecular complexity index is 755. The molecule has 128 valence electrons. The number of benzene rings is 1. The number of hydrogen-bond acceptors (Lipinski definition) is 3. The number of rotatable bonds is 3. The van der Waals surface area contributed by atoms with Gasteiger partial charge in [-0.15, -0.1) is 0 Å². The first-order valence-corrected chi connectivity index (χ1v) is 8.49. The summed E-state index contributed by atoms with van der Waals surface area (Å²) in [6, 6.07) is 7.95. The topological polar surface area (TPSA) is 51.5 Å². The number of piperidine rings is 1. The molecule has 0 N–H and O–H groups in total. The molecule has 1 aliphatic rings. The average Bonchev–Trinajstić information content (AvgIpc) is 2.96. The third-order valence-corrected chi connectivity index (χ3v) is 4.98. The maximum Gasteiger partial charge on any atom is 0.337 e. The van der Waals surface area contributed by atoms with E-state index in [0.717, 1.165) is 23.7 Å². The molecule has 2 heterocycles. The van der Waals surface area contributed by atoms with E-state index in [2.05, 4.69) is 13.8 Å². The zero-order valence-electron chi connectivity index (χ0n) is 14.5. The molecule has 1 fully saturated rings. The van der Waals surface area contributed by atoms with E-state index < -0.39 is 0 Å². The number of carbonyl (C=O) groups excluding carboxylic acids is 2. The number of amides is 1. The van der Waals surface area contributed by atoms with E-state index in [0.29, 0.717) is 12.1 Å². The van der Waals surface area contributed by atoms with Gasteiger partial charge < -0.3 is 14.2 Å². The van der Waals surface area contributed by atoms with Gasteiger partial charge in [0, 0.05) is 23.8 Å². The van der Waals surface area contributed by atoms with E-state index >= 15 is 0 Å². The zero-order chi connectivity index (χ0) is 17.3. The summed E-state index contributed by atoms with van der Waals surface area (Å²) < 4.78 is 6.70. The van der Waals surface area contributed by atoms with Crippen LogP contribution in [0, 0.1) is 0 Å². The first-order chi connectivity index (χ1) is 11.5. The van der Waals surface area contributed by atoms with Crippen molar-refractivity contribution < 1.29 is 14.3 Å². The van der Waals surface area contributed by atoms with Crippen LogP contribution in [0.1, 0.15) is 43.5 Å². The number of methoxy groups -OCH3 is 1. The number of hydrogen-bond donors (Lipinski definition) is 0. The second-order valence-electron chi connectivity index (χ2n) is 6.64. The van der Waals surface area contributed by atoms with Crippen LogP contribution in [0.2, 0.25) is 0 Å². The molecule has 0 radical (unpaired) electrons. The number of aromatic nitrogens is 1. The van der Waals surface area contributed by atoms with Crippen molar-refractivity contribution in [1.82, 2.24) is 9.47 Å². The molecular weight excluding hydrogens is 304 g/mol. The van der Waals surface area contributed by atoms with Gasteiger partial charge in [0.15, 0.2) is 0 Å². The Morgan fingerprint density at radius 1 is 1.17 bits per heavy atom. The van der Waals surface area contributed by atoms with Gasteiger partial charge in [0.05, 0.1) is 12.7 Å². The van der Waals surface area contributed by atoms with Crippen LogP contribution in [0.25, 0.3) is 10.9 Å². The van der Waals surface area contributed by atoms with Crippen LogP contribution in [0.5, 0.6) is 0 Å². The van der Waals surface area contributed by atoms with Crippen LogP contribution in [0.3, 0.4) is 0 Å². The minimum Gasteiger partial charge on any atom is -0.465 e. The van der Waals surface area contributed by atoms with Crippen molar-refractivity contribution in [2.75, 3.05) is 7.11 Å². The molecule has 0 spiro atoms. The number of ether oxygens (including phenoxy) is 1. The van der Waals surface area contributed by atoms with Crippen molar-refractivity contribution in [3.63, 3.8) is 0 Å². The number of nitrogens with zero attached hydrogens (tertiary/aromatic N) is 2. The van der Waals surface area contributed by atoms with E-state index in [9.17, 15) is 9.59 Å². The van der Waals surface area contributed by atoms with Gasteiger partial charge in [-0.1, -0.05) is 6.07 Å². The smallest absolute Gasteiger partial charge is 0.337 e. The molecule has 5 nitrogen and oxygen atoms in total. The van der Waals surface area contributed by atoms with E-state index in [1.165, 1.54) is 13.5 Å². The van der Waals surface area contributed by atoms with Crippen molar-refractivity contribution >= 4 is 22.8 Å². The maximum atomic E-state index is 12.8. The van der Waals surface area contributed by atoms with Crippen LogP contribution in [-0.2, 0) is 16.1 Å². The molecule has 0 aliphatic carbocycles. The highest BCUT2D eigenvalue weighted by atomic mass is 16.5. The highest BCUT2D eigenvalue weighted by molar-refractivity contribution is 5.95. The fourth-order valence-corrected chi connectivity index (χ4v) is 3.71. The third kappa shape index (κ3) is 3.03. The molecular formula is C19H24N2O3. The van der Waals surface area contributed by atoms with Crippen LogP contribution in [-0.4, -0.2) is 40.5 Å². The average molecular weight is 328 g/mol. The number of esters is 1. The summed E-state index contributed by atoms with van der Waals surface area (Å²) in [6.45, 7) is 4.54. The van der Waals surface area contributed by atoms with E-state index in [1.807, 2.05) is 27.8 Å². The van der Waals surface area contributed by atoms with Crippen LogP contribution < -0.4 is 0 Å². The highest BCUT2D eigenvalue weighted by Crippen LogP contribution is 2.24. The molecule has 1 aliphatic heterocycles. The lowest BCUT2D eigenvalue weighted by molar-refractivity contribution is -0.137. The van der Waals surface area contributed by atoms with E-state index in [4.69, 9.17) is 4.74 Å². The largest absolute Gasteiger partial charge is 0.465 e. The SMILES string of the molecule is COC(=O)c1ccc2ccn(CC(=O)N3C(C)CCCC3C)c2c1. The predicted molar refractivity (Wildman–Crippen MR) is 92.9 cm³/mol. The molecule has 1 aromatic carbocycles. The number of carbonyl (C=O) groups is 2. The molecule has 2 aromatic rings. The van der Waals surface area contributed by atoms with Gasteiger partial charge in [0.25, 0.3) is 0 Å². The summed E-state index contributed by atoms with van der Waals surface area (Å²) in [7, 11) is 1.37. The Labute approximate surface area is 142 Å². The molecule has 3 rings (SSSR count). The summed E-state index contributed by atoms with van der Waals surface area (Å²) >= 11 is 0. The second-order valence-corrected chi connectivity index (χ2v) is 6.64. The lowest BCUT2D eigenvalue weighted by atomic mass is 9.97. The number of fused-ring (bicyclic) bond motifs is 1. The molecule has 0 saturated carbocycles. The Balaban J connectivity index is 1.86. The Kier molecular flexibility index (Phi) is 4.60. The Morgan fingerprint density at radius 2 is 1.88 bits per heavy atom. The first-order valence-electron chi connectivity index (χ1n) is 8.49. The lowest BCUT2D eigenvalue weighted by Crippen LogP contribution is -2.48. The van der Waals surface area contributed by atoms with Gasteiger partial charge in [-0.05, 0) is 56.7 Å². The van der Waals surface area contributed by atoms with E-state index in [1.54, 1.807) is 12.1 Å². The summed E-state index contributed by atoms with van der Waals surface area (Å²) in [5.74, 6) is -0.232. The molecule has 0 bridgehead atoms. The van der Waals surface area contributed by atoms with Gasteiger partial charge in [-0.25, -0.2) is 4.79 Å². The molecule has 1 saturated heterocycles. The minimum absolute atomic E-state index is 0.135. The number of likely N-dealkylation sites (tertiary alicyclic amines) is 1. The summed E-state index contributed by atoms with van der Waals surface area (Å²) in [5, 5.41) is 1.01. The van der Waals surface area contributed by atoms with Crippen molar-refractivity contribution in [3.8, 4) is 0 Å². The minimum atomic E-state index is -0.366. The monoisotopic (exact) mass is 328 g/mol. The zero-order valence-corrected chi connectivity index (χ0v) is 14.5. The van der Waals surface area contributed by atoms with Crippen molar-refractivity contribution in [2.45, 2.75) is 51.7 Å². The second kappa shape index (κ2) is 6.67. The summed E-state index contributed by atoms with van der Waals surface area (Å²) in [4.78, 5) is 26.6. The fourth-order valence-electron chi connectivity index (χ4n) is 3.71. The van der Waals surface area contributed by atoms with Crippen LogP contribution in [0.4, 0.5) is 0 Å². The molecule has 2 unspecified atom stereocenters. The lowest BCUT2D eigenvalue weighted by Gasteiger charge is -2.39. The molecule has 1 amide bonds. The quantitative estimate of drug-likeness (QED) is 0.813. The summed E-state index contributed by atoms with van der Waals surface area (Å²) in [5.41, 5.74) is 1.38. The first kappa shape index (κ1) is 16.6. The molecule has 1 aromatic heterocycles. The van der Waals surface area contributed by atoms with Crippen LogP contribution in [0.15, 0.2) is 30.5 Å². The van der Waals surface area contributed by atoms with Crippen molar-refractivity contribution in [3.05, 3.63) is 36.0 Å². The van der Waals surface area contributed by atoms with E-state index in [-0.39, 0.29) is 24.0 Å². The Morgan fingerprint density at radius 3 is 2.54 bits per heavy atom. The van der Waals surface area contributed by atoms with Gasteiger partial charge in [0.2, 0.25) is 5.91 Å². The van der Waals surface area contributed by atoms with Gasteiger partial charge in [0.1, 0.15) is 6.54 Å². The molecule has 24 heavy (non-hydrogen) atoms. The van der Waals surface area contributed by atoms with Gasteiger partial charge in [-0.2, -0.15) is 0 Å². The Hall–Kier alpha value is -2.30. The maximum absolute atomic E-state index is 12.8. The van der Waals surface area contributed by atoms with Crippen molar-refractivity contribution in [1.29, 1.82) is 0 Å². The predicted octanol–water partition coefficient (Wildman–Crippen LogP) is 3.22. The third-order valence-electron chi connectivity index (χ3n) is 4.98. The van der Waals surface area contributed by atoms with Gasteiger partial charge >= 0.3 is 5.97 Å². The van der Waals surface area contributed by atoms with Crippen molar-refractivity contribution in [2.24, 2.45) is 0 Å².